The number of hydrogen-bond donors (Lipinski definition) is 1. The molecular weight excluding hydrogens is 434 g/mol. The first kappa shape index (κ1) is 25.0. The van der Waals surface area contributed by atoms with Crippen molar-refractivity contribution in [3.8, 4) is 0 Å². The van der Waals surface area contributed by atoms with Crippen molar-refractivity contribution in [1.29, 1.82) is 0 Å². The smallest absolute Gasteiger partial charge is 0.321 e. The van der Waals surface area contributed by atoms with Gasteiger partial charge in [0.15, 0.2) is 12.4 Å². The number of esters is 1. The van der Waals surface area contributed by atoms with Gasteiger partial charge < -0.3 is 14.5 Å². The zero-order valence-electron chi connectivity index (χ0n) is 18.5. The summed E-state index contributed by atoms with van der Waals surface area (Å²) in [6.07, 6.45) is 0. The van der Waals surface area contributed by atoms with Crippen molar-refractivity contribution in [3.63, 3.8) is 0 Å². The van der Waals surface area contributed by atoms with Crippen LogP contribution in [0.2, 0.25) is 0 Å². The van der Waals surface area contributed by atoms with Gasteiger partial charge in [-0.3, -0.25) is 14.4 Å². The molecule has 0 bridgehead atoms. The Morgan fingerprint density at radius 1 is 0.938 bits per heavy atom. The zero-order chi connectivity index (χ0) is 23.9. The SMILES string of the molecule is CC(=O)c1ccc(S(=O)(=O)NCC(=O)OCC(=O)N(C)Cc2ccc(N(C)C)cc2)cc1. The van der Waals surface area contributed by atoms with E-state index in [9.17, 15) is 22.8 Å². The molecule has 0 unspecified atom stereocenters. The number of nitrogens with one attached hydrogen (secondary N) is 1. The topological polar surface area (TPSA) is 113 Å². The molecule has 32 heavy (non-hydrogen) atoms. The monoisotopic (exact) mass is 461 g/mol. The van der Waals surface area contributed by atoms with Gasteiger partial charge in [0.2, 0.25) is 10.0 Å². The van der Waals surface area contributed by atoms with Crippen molar-refractivity contribution < 1.29 is 27.5 Å². The van der Waals surface area contributed by atoms with E-state index in [-0.39, 0.29) is 10.7 Å². The number of Topliss-reactive ketones (excluding diaryl/α,β-unsaturated/α-hetero) is 1. The molecule has 0 saturated carbocycles. The predicted octanol–water partition coefficient (Wildman–Crippen LogP) is 1.44. The number of ether oxygens (including phenoxy) is 1. The summed E-state index contributed by atoms with van der Waals surface area (Å²) in [5, 5.41) is 0. The van der Waals surface area contributed by atoms with Gasteiger partial charge in [-0.15, -0.1) is 0 Å². The van der Waals surface area contributed by atoms with Gasteiger partial charge in [0, 0.05) is 38.9 Å². The van der Waals surface area contributed by atoms with Crippen LogP contribution in [0, 0.1) is 0 Å². The normalized spacial score (nSPS) is 11.0. The maximum atomic E-state index is 12.3. The predicted molar refractivity (Wildman–Crippen MR) is 120 cm³/mol. The third-order valence-corrected chi connectivity index (χ3v) is 6.05. The van der Waals surface area contributed by atoms with Crippen molar-refractivity contribution in [3.05, 3.63) is 59.7 Å². The molecule has 0 radical (unpaired) electrons. The number of likely N-dealkylation sites (N-methyl/N-ethyl adjacent to an activating group) is 1. The molecular formula is C22H27N3O6S. The molecule has 2 rings (SSSR count). The van der Waals surface area contributed by atoms with Crippen LogP contribution >= 0.6 is 0 Å². The van der Waals surface area contributed by atoms with Crippen molar-refractivity contribution in [2.75, 3.05) is 39.2 Å². The molecule has 0 fully saturated rings. The van der Waals surface area contributed by atoms with Crippen LogP contribution < -0.4 is 9.62 Å². The standard InChI is InChI=1S/C22H27N3O6S/c1-16(26)18-7-11-20(12-8-18)32(29,30)23-13-22(28)31-15-21(27)25(4)14-17-5-9-19(10-6-17)24(2)3/h5-12,23H,13-15H2,1-4H3. The number of hydrogen-bond acceptors (Lipinski definition) is 7. The van der Waals surface area contributed by atoms with Gasteiger partial charge in [0.1, 0.15) is 6.54 Å². The summed E-state index contributed by atoms with van der Waals surface area (Å²) < 4.78 is 31.5. The number of benzene rings is 2. The average Bonchev–Trinajstić information content (AvgIpc) is 2.76. The van der Waals surface area contributed by atoms with Crippen molar-refractivity contribution in [2.24, 2.45) is 0 Å². The highest BCUT2D eigenvalue weighted by Gasteiger charge is 2.18. The third-order valence-electron chi connectivity index (χ3n) is 4.63. The quantitative estimate of drug-likeness (QED) is 0.421. The molecule has 0 spiro atoms. The largest absolute Gasteiger partial charge is 0.455 e. The number of nitrogens with zero attached hydrogens (tertiary/aromatic N) is 2. The number of anilines is 1. The summed E-state index contributed by atoms with van der Waals surface area (Å²) in [7, 11) is 1.49. The number of ketones is 1. The Labute approximate surface area is 188 Å². The second-order valence-electron chi connectivity index (χ2n) is 7.38. The van der Waals surface area contributed by atoms with E-state index in [1.165, 1.54) is 36.1 Å². The van der Waals surface area contributed by atoms with E-state index in [0.29, 0.717) is 12.1 Å². The van der Waals surface area contributed by atoms with Crippen molar-refractivity contribution >= 4 is 33.4 Å². The van der Waals surface area contributed by atoms with Crippen LogP contribution in [0.15, 0.2) is 53.4 Å². The molecule has 0 saturated heterocycles. The molecule has 0 aliphatic rings. The Bertz CT molecular complexity index is 1060. The summed E-state index contributed by atoms with van der Waals surface area (Å²) >= 11 is 0. The molecule has 0 atom stereocenters. The van der Waals surface area contributed by atoms with Crippen LogP contribution in [0.3, 0.4) is 0 Å². The second kappa shape index (κ2) is 10.9. The summed E-state index contributed by atoms with van der Waals surface area (Å²) in [4.78, 5) is 38.7. The molecule has 172 valence electrons. The number of carbonyl (C=O) groups is 3. The first-order valence-electron chi connectivity index (χ1n) is 9.76. The van der Waals surface area contributed by atoms with Gasteiger partial charge in [0.25, 0.3) is 5.91 Å². The maximum absolute atomic E-state index is 12.3. The Morgan fingerprint density at radius 3 is 2.06 bits per heavy atom. The van der Waals surface area contributed by atoms with E-state index in [1.54, 1.807) is 7.05 Å². The fraction of sp³-hybridized carbons (Fsp3) is 0.318. The fourth-order valence-corrected chi connectivity index (χ4v) is 3.64. The first-order valence-corrected chi connectivity index (χ1v) is 11.2. The molecule has 2 aromatic carbocycles. The summed E-state index contributed by atoms with van der Waals surface area (Å²) in [5.41, 5.74) is 2.33. The van der Waals surface area contributed by atoms with E-state index in [1.807, 2.05) is 43.3 Å². The van der Waals surface area contributed by atoms with Crippen molar-refractivity contribution in [1.82, 2.24) is 9.62 Å². The second-order valence-corrected chi connectivity index (χ2v) is 9.14. The minimum Gasteiger partial charge on any atom is -0.455 e. The zero-order valence-corrected chi connectivity index (χ0v) is 19.3. The van der Waals surface area contributed by atoms with Gasteiger partial charge in [-0.1, -0.05) is 24.3 Å². The summed E-state index contributed by atoms with van der Waals surface area (Å²) in [6, 6.07) is 13.0. The Hall–Kier alpha value is -3.24. The highest BCUT2D eigenvalue weighted by molar-refractivity contribution is 7.89. The Morgan fingerprint density at radius 2 is 1.53 bits per heavy atom. The van der Waals surface area contributed by atoms with Crippen molar-refractivity contribution in [2.45, 2.75) is 18.4 Å². The minimum atomic E-state index is -3.96. The molecule has 2 aromatic rings. The number of sulfonamides is 1. The van der Waals surface area contributed by atoms with Crippen LogP contribution in [0.25, 0.3) is 0 Å². The molecule has 0 aliphatic carbocycles. The highest BCUT2D eigenvalue weighted by atomic mass is 32.2. The van der Waals surface area contributed by atoms with E-state index in [4.69, 9.17) is 4.74 Å². The van der Waals surface area contributed by atoms with Gasteiger partial charge in [-0.2, -0.15) is 4.72 Å². The number of carbonyl (C=O) groups excluding carboxylic acids is 3. The lowest BCUT2D eigenvalue weighted by molar-refractivity contribution is -0.150. The molecule has 0 heterocycles. The average molecular weight is 462 g/mol. The lowest BCUT2D eigenvalue weighted by Crippen LogP contribution is -2.34. The molecule has 10 heteroatoms. The lowest BCUT2D eigenvalue weighted by atomic mass is 10.2. The highest BCUT2D eigenvalue weighted by Crippen LogP contribution is 2.13. The minimum absolute atomic E-state index is 0.0913. The van der Waals surface area contributed by atoms with Gasteiger partial charge in [-0.25, -0.2) is 8.42 Å². The van der Waals surface area contributed by atoms with Gasteiger partial charge >= 0.3 is 5.97 Å². The van der Waals surface area contributed by atoms with E-state index < -0.39 is 35.1 Å². The fourth-order valence-electron chi connectivity index (χ4n) is 2.67. The first-order chi connectivity index (χ1) is 15.0. The van der Waals surface area contributed by atoms with Crippen LogP contribution in [-0.2, 0) is 30.9 Å². The van der Waals surface area contributed by atoms with Crippen LogP contribution in [-0.4, -0.2) is 65.3 Å². The maximum Gasteiger partial charge on any atom is 0.321 e. The summed E-state index contributed by atoms with van der Waals surface area (Å²) in [5.74, 6) is -1.49. The van der Waals surface area contributed by atoms with Gasteiger partial charge in [0.05, 0.1) is 4.90 Å². The van der Waals surface area contributed by atoms with Gasteiger partial charge in [-0.05, 0) is 36.8 Å². The van der Waals surface area contributed by atoms with E-state index in [0.717, 1.165) is 11.3 Å². The van der Waals surface area contributed by atoms with E-state index in [2.05, 4.69) is 4.72 Å². The molecule has 9 nitrogen and oxygen atoms in total. The van der Waals surface area contributed by atoms with Crippen LogP contribution in [0.1, 0.15) is 22.8 Å². The van der Waals surface area contributed by atoms with Crippen LogP contribution in [0.4, 0.5) is 5.69 Å². The molecule has 0 aromatic heterocycles. The van der Waals surface area contributed by atoms with E-state index >= 15 is 0 Å². The Kier molecular flexibility index (Phi) is 8.50. The third kappa shape index (κ3) is 7.17. The number of rotatable bonds is 10. The molecule has 1 amide bonds. The molecule has 1 N–H and O–H groups in total. The summed E-state index contributed by atoms with van der Waals surface area (Å²) in [6.45, 7) is 0.587. The molecule has 0 aliphatic heterocycles. The van der Waals surface area contributed by atoms with Crippen LogP contribution in [0.5, 0.6) is 0 Å². The Balaban J connectivity index is 1.81. The number of amides is 1. The lowest BCUT2D eigenvalue weighted by Gasteiger charge is -2.18.